The van der Waals surface area contributed by atoms with Crippen molar-refractivity contribution in [3.05, 3.63) is 0 Å². The molecule has 0 fully saturated rings. The van der Waals surface area contributed by atoms with Crippen LogP contribution in [-0.4, -0.2) is 22.4 Å². The van der Waals surface area contributed by atoms with Gasteiger partial charge in [0.1, 0.15) is 0 Å². The highest BCUT2D eigenvalue weighted by Crippen LogP contribution is 2.22. The Balaban J connectivity index is 3.90. The summed E-state index contributed by atoms with van der Waals surface area (Å²) in [5.74, 6) is 0.981. The maximum atomic E-state index is 9.72. The Kier molecular flexibility index (Phi) is 7.20. The number of aliphatic hydroxyl groups is 2. The molecule has 0 aliphatic carbocycles. The Bertz CT molecular complexity index is 134. The van der Waals surface area contributed by atoms with E-state index >= 15 is 0 Å². The molecule has 2 N–H and O–H groups in total. The fourth-order valence-electron chi connectivity index (χ4n) is 1.71. The van der Waals surface area contributed by atoms with Gasteiger partial charge in [-0.1, -0.05) is 40.0 Å². The maximum absolute atomic E-state index is 9.72. The van der Waals surface area contributed by atoms with Gasteiger partial charge in [0.05, 0.1) is 12.2 Å². The van der Waals surface area contributed by atoms with Crippen molar-refractivity contribution in [2.75, 3.05) is 0 Å². The highest BCUT2D eigenvalue weighted by molar-refractivity contribution is 4.72. The fourth-order valence-corrected chi connectivity index (χ4v) is 1.71. The molecule has 14 heavy (non-hydrogen) atoms. The molecule has 86 valence electrons. The highest BCUT2D eigenvalue weighted by Gasteiger charge is 2.21. The molecule has 4 unspecified atom stereocenters. The van der Waals surface area contributed by atoms with Crippen molar-refractivity contribution < 1.29 is 10.2 Å². The minimum atomic E-state index is -0.600. The molecule has 2 heteroatoms. The standard InChI is InChI=1S/C12H26O2/c1-5-9(3)7-8-11(6-2)12(14)10(4)13/h9-14H,5-8H2,1-4H3. The summed E-state index contributed by atoms with van der Waals surface area (Å²) in [5, 5.41) is 19.0. The molecule has 0 aromatic rings. The van der Waals surface area contributed by atoms with Gasteiger partial charge < -0.3 is 10.2 Å². The van der Waals surface area contributed by atoms with Crippen molar-refractivity contribution in [3.63, 3.8) is 0 Å². The summed E-state index contributed by atoms with van der Waals surface area (Å²) in [6.07, 6.45) is 3.17. The van der Waals surface area contributed by atoms with Crippen molar-refractivity contribution in [2.45, 2.75) is 65.6 Å². The molecular weight excluding hydrogens is 176 g/mol. The first-order chi connectivity index (χ1) is 6.52. The fraction of sp³-hybridized carbons (Fsp3) is 1.00. The summed E-state index contributed by atoms with van der Waals surface area (Å²) in [6.45, 7) is 8.17. The van der Waals surface area contributed by atoms with Crippen molar-refractivity contribution in [2.24, 2.45) is 11.8 Å². The molecule has 4 atom stereocenters. The Morgan fingerprint density at radius 3 is 1.86 bits per heavy atom. The minimum Gasteiger partial charge on any atom is -0.391 e. The topological polar surface area (TPSA) is 40.5 Å². The SMILES string of the molecule is CCC(C)CCC(CC)C(O)C(C)O. The van der Waals surface area contributed by atoms with Crippen LogP contribution in [0, 0.1) is 11.8 Å². The molecule has 2 nitrogen and oxygen atoms in total. The molecule has 0 rings (SSSR count). The van der Waals surface area contributed by atoms with Gasteiger partial charge in [-0.25, -0.2) is 0 Å². The molecule has 0 saturated heterocycles. The van der Waals surface area contributed by atoms with E-state index < -0.39 is 12.2 Å². The lowest BCUT2D eigenvalue weighted by Gasteiger charge is -2.24. The number of aliphatic hydroxyl groups excluding tert-OH is 2. The van der Waals surface area contributed by atoms with Crippen LogP contribution in [0.3, 0.4) is 0 Å². The van der Waals surface area contributed by atoms with Crippen LogP contribution in [-0.2, 0) is 0 Å². The number of hydrogen-bond acceptors (Lipinski definition) is 2. The quantitative estimate of drug-likeness (QED) is 0.666. The van der Waals surface area contributed by atoms with Crippen molar-refractivity contribution >= 4 is 0 Å². The molecule has 0 spiro atoms. The molecule has 0 radical (unpaired) electrons. The van der Waals surface area contributed by atoms with Gasteiger partial charge in [-0.2, -0.15) is 0 Å². The smallest absolute Gasteiger partial charge is 0.0824 e. The molecule has 0 bridgehead atoms. The Morgan fingerprint density at radius 2 is 1.50 bits per heavy atom. The average molecular weight is 202 g/mol. The lowest BCUT2D eigenvalue weighted by Crippen LogP contribution is -2.31. The summed E-state index contributed by atoms with van der Waals surface area (Å²) in [4.78, 5) is 0. The predicted molar refractivity (Wildman–Crippen MR) is 60.2 cm³/mol. The molecule has 0 aliphatic heterocycles. The van der Waals surface area contributed by atoms with Crippen LogP contribution in [0.15, 0.2) is 0 Å². The van der Waals surface area contributed by atoms with E-state index in [1.165, 1.54) is 6.42 Å². The van der Waals surface area contributed by atoms with Crippen LogP contribution >= 0.6 is 0 Å². The van der Waals surface area contributed by atoms with Crippen LogP contribution in [0.5, 0.6) is 0 Å². The first-order valence-corrected chi connectivity index (χ1v) is 5.88. The maximum Gasteiger partial charge on any atom is 0.0824 e. The monoisotopic (exact) mass is 202 g/mol. The molecule has 0 heterocycles. The molecule has 0 aliphatic rings. The van der Waals surface area contributed by atoms with Crippen LogP contribution in [0.2, 0.25) is 0 Å². The van der Waals surface area contributed by atoms with E-state index in [2.05, 4.69) is 20.8 Å². The van der Waals surface area contributed by atoms with Crippen LogP contribution in [0.4, 0.5) is 0 Å². The summed E-state index contributed by atoms with van der Waals surface area (Å²) >= 11 is 0. The largest absolute Gasteiger partial charge is 0.391 e. The summed E-state index contributed by atoms with van der Waals surface area (Å²) in [6, 6.07) is 0. The second-order valence-electron chi connectivity index (χ2n) is 4.49. The Hall–Kier alpha value is -0.0800. The molecular formula is C12H26O2. The third kappa shape index (κ3) is 4.97. The van der Waals surface area contributed by atoms with Gasteiger partial charge in [-0.3, -0.25) is 0 Å². The first-order valence-electron chi connectivity index (χ1n) is 5.88. The molecule has 0 aromatic heterocycles. The minimum absolute atomic E-state index is 0.254. The normalized spacial score (nSPS) is 20.1. The van der Waals surface area contributed by atoms with Crippen LogP contribution in [0.25, 0.3) is 0 Å². The lowest BCUT2D eigenvalue weighted by molar-refractivity contribution is -0.0122. The molecule has 0 aromatic carbocycles. The second kappa shape index (κ2) is 7.24. The first kappa shape index (κ1) is 13.9. The zero-order chi connectivity index (χ0) is 11.1. The molecule has 0 saturated carbocycles. The van der Waals surface area contributed by atoms with E-state index in [4.69, 9.17) is 0 Å². The van der Waals surface area contributed by atoms with Crippen molar-refractivity contribution in [3.8, 4) is 0 Å². The highest BCUT2D eigenvalue weighted by atomic mass is 16.3. The zero-order valence-electron chi connectivity index (χ0n) is 10.0. The van der Waals surface area contributed by atoms with Crippen molar-refractivity contribution in [1.29, 1.82) is 0 Å². The number of rotatable bonds is 7. The van der Waals surface area contributed by atoms with Gasteiger partial charge in [0.25, 0.3) is 0 Å². The van der Waals surface area contributed by atoms with Gasteiger partial charge in [0.15, 0.2) is 0 Å². The predicted octanol–water partition coefficient (Wildman–Crippen LogP) is 2.58. The van der Waals surface area contributed by atoms with Gasteiger partial charge in [0, 0.05) is 0 Å². The Morgan fingerprint density at radius 1 is 0.929 bits per heavy atom. The van der Waals surface area contributed by atoms with Crippen LogP contribution < -0.4 is 0 Å². The third-order valence-electron chi connectivity index (χ3n) is 3.23. The lowest BCUT2D eigenvalue weighted by atomic mass is 9.88. The van der Waals surface area contributed by atoms with E-state index in [1.807, 2.05) is 0 Å². The van der Waals surface area contributed by atoms with Gasteiger partial charge in [-0.05, 0) is 25.2 Å². The van der Waals surface area contributed by atoms with E-state index in [1.54, 1.807) is 6.92 Å². The van der Waals surface area contributed by atoms with Gasteiger partial charge in [0.2, 0.25) is 0 Å². The Labute approximate surface area is 88.3 Å². The second-order valence-corrected chi connectivity index (χ2v) is 4.49. The van der Waals surface area contributed by atoms with Gasteiger partial charge in [-0.15, -0.1) is 0 Å². The average Bonchev–Trinajstić information content (AvgIpc) is 2.17. The summed E-state index contributed by atoms with van der Waals surface area (Å²) in [7, 11) is 0. The van der Waals surface area contributed by atoms with E-state index in [0.717, 1.165) is 25.2 Å². The molecule has 0 amide bonds. The summed E-state index contributed by atoms with van der Waals surface area (Å²) < 4.78 is 0. The zero-order valence-corrected chi connectivity index (χ0v) is 10.0. The van der Waals surface area contributed by atoms with E-state index in [0.29, 0.717) is 0 Å². The third-order valence-corrected chi connectivity index (χ3v) is 3.23. The van der Waals surface area contributed by atoms with E-state index in [-0.39, 0.29) is 5.92 Å². The van der Waals surface area contributed by atoms with Crippen molar-refractivity contribution in [1.82, 2.24) is 0 Å². The van der Waals surface area contributed by atoms with Crippen LogP contribution in [0.1, 0.15) is 53.4 Å². The van der Waals surface area contributed by atoms with Gasteiger partial charge >= 0.3 is 0 Å². The van der Waals surface area contributed by atoms with E-state index in [9.17, 15) is 10.2 Å². The summed E-state index contributed by atoms with van der Waals surface area (Å²) in [5.41, 5.74) is 0. The number of hydrogen-bond donors (Lipinski definition) is 2.